The van der Waals surface area contributed by atoms with Crippen molar-refractivity contribution in [3.05, 3.63) is 79.1 Å². The summed E-state index contributed by atoms with van der Waals surface area (Å²) >= 11 is 0. The van der Waals surface area contributed by atoms with Crippen LogP contribution in [0.25, 0.3) is 33.5 Å². The van der Waals surface area contributed by atoms with Crippen molar-refractivity contribution in [2.75, 3.05) is 49.7 Å². The number of piperidine rings is 1. The molecule has 0 aliphatic carbocycles. The summed E-state index contributed by atoms with van der Waals surface area (Å²) in [4.78, 5) is 39.7. The van der Waals surface area contributed by atoms with E-state index in [0.717, 1.165) is 83.7 Å². The average molecular weight is 630 g/mol. The molecule has 238 valence electrons. The van der Waals surface area contributed by atoms with Gasteiger partial charge in [0, 0.05) is 65.8 Å². The lowest BCUT2D eigenvalue weighted by atomic mass is 9.92. The third-order valence-corrected chi connectivity index (χ3v) is 9.51. The predicted octanol–water partition coefficient (Wildman–Crippen LogP) is 5.16. The molecule has 47 heavy (non-hydrogen) atoms. The Morgan fingerprint density at radius 1 is 0.851 bits per heavy atom. The first-order valence-electron chi connectivity index (χ1n) is 16.1. The van der Waals surface area contributed by atoms with Crippen LogP contribution in [0, 0.1) is 11.8 Å². The molecule has 2 fully saturated rings. The Bertz CT molecular complexity index is 1920. The van der Waals surface area contributed by atoms with Crippen LogP contribution in [0.15, 0.2) is 79.1 Å². The number of nitrogens with one attached hydrogen (secondary N) is 2. The Morgan fingerprint density at radius 2 is 1.62 bits per heavy atom. The van der Waals surface area contributed by atoms with Crippen molar-refractivity contribution in [2.45, 2.75) is 19.3 Å². The lowest BCUT2D eigenvalue weighted by Crippen LogP contribution is -2.40. The minimum Gasteiger partial charge on any atom is -0.454 e. The third-order valence-electron chi connectivity index (χ3n) is 9.51. The summed E-state index contributed by atoms with van der Waals surface area (Å²) in [5.74, 6) is 2.28. The molecule has 3 aliphatic rings. The van der Waals surface area contributed by atoms with Gasteiger partial charge in [0.2, 0.25) is 12.7 Å². The van der Waals surface area contributed by atoms with Crippen molar-refractivity contribution in [1.29, 1.82) is 0 Å². The number of nitrogens with zero attached hydrogens (tertiary/aromatic N) is 5. The number of fused-ring (bicyclic) bond motifs is 2. The number of hydrogen-bond acceptors (Lipinski definition) is 9. The molecule has 3 aliphatic heterocycles. The smallest absolute Gasteiger partial charge is 0.231 e. The molecule has 1 amide bonds. The van der Waals surface area contributed by atoms with Gasteiger partial charge in [0.25, 0.3) is 0 Å². The molecule has 0 spiro atoms. The first-order chi connectivity index (χ1) is 23.1. The molecular formula is C36H35N7O4. The van der Waals surface area contributed by atoms with Crippen LogP contribution in [-0.2, 0) is 9.59 Å². The van der Waals surface area contributed by atoms with E-state index in [1.807, 2.05) is 42.5 Å². The monoisotopic (exact) mass is 629 g/mol. The van der Waals surface area contributed by atoms with Crippen LogP contribution in [0.5, 0.6) is 11.5 Å². The summed E-state index contributed by atoms with van der Waals surface area (Å²) in [6, 6.07) is 21.6. The van der Waals surface area contributed by atoms with E-state index in [1.165, 1.54) is 0 Å². The number of carbonyl (C=O) groups is 2. The molecule has 1 atom stereocenters. The molecule has 0 unspecified atom stereocenters. The number of Topliss-reactive ketones (excluding diaryl/α,β-unsaturated/α-hetero) is 1. The minimum absolute atomic E-state index is 0.0226. The lowest BCUT2D eigenvalue weighted by molar-refractivity contribution is -0.125. The number of aromatic nitrogens is 4. The molecule has 11 nitrogen and oxygen atoms in total. The van der Waals surface area contributed by atoms with Gasteiger partial charge in [0.1, 0.15) is 11.5 Å². The van der Waals surface area contributed by atoms with Gasteiger partial charge in [0.05, 0.1) is 18.0 Å². The average Bonchev–Trinajstić information content (AvgIpc) is 3.89. The number of anilines is 2. The Kier molecular flexibility index (Phi) is 7.74. The number of H-pyrrole nitrogens is 1. The number of carbonyl (C=O) groups excluding carboxylic acids is 2. The number of ether oxygens (including phenoxy) is 2. The summed E-state index contributed by atoms with van der Waals surface area (Å²) in [5.41, 5.74) is 5.42. The van der Waals surface area contributed by atoms with Crippen LogP contribution < -0.4 is 19.7 Å². The molecule has 8 rings (SSSR count). The zero-order valence-electron chi connectivity index (χ0n) is 25.9. The molecule has 0 bridgehead atoms. The molecule has 3 aromatic carbocycles. The van der Waals surface area contributed by atoms with Gasteiger partial charge in [-0.2, -0.15) is 5.10 Å². The first-order valence-corrected chi connectivity index (χ1v) is 16.1. The Hall–Kier alpha value is -5.29. The highest BCUT2D eigenvalue weighted by atomic mass is 16.7. The van der Waals surface area contributed by atoms with E-state index in [9.17, 15) is 9.59 Å². The van der Waals surface area contributed by atoms with E-state index in [4.69, 9.17) is 9.47 Å². The summed E-state index contributed by atoms with van der Waals surface area (Å²) in [5, 5.41) is 11.6. The SMILES string of the molecule is O=C(CN1CC[C@@H](C(=O)Nc2ccc3[nH]nc(-c4ccc5c(c4)OCO5)c3c2)C1)C1CCN(c2ccc(-c3ncccn3)cc2)CC1. The maximum absolute atomic E-state index is 13.3. The molecule has 5 aromatic rings. The fourth-order valence-corrected chi connectivity index (χ4v) is 6.87. The number of hydrogen-bond donors (Lipinski definition) is 2. The molecule has 2 aromatic heterocycles. The van der Waals surface area contributed by atoms with Gasteiger partial charge >= 0.3 is 0 Å². The Morgan fingerprint density at radius 3 is 2.45 bits per heavy atom. The van der Waals surface area contributed by atoms with E-state index < -0.39 is 0 Å². The van der Waals surface area contributed by atoms with Crippen molar-refractivity contribution in [2.24, 2.45) is 11.8 Å². The molecule has 2 saturated heterocycles. The van der Waals surface area contributed by atoms with E-state index >= 15 is 0 Å². The third kappa shape index (κ3) is 6.01. The van der Waals surface area contributed by atoms with Gasteiger partial charge in [-0.3, -0.25) is 19.6 Å². The number of likely N-dealkylation sites (tertiary alicyclic amines) is 1. The van der Waals surface area contributed by atoms with Crippen LogP contribution in [-0.4, -0.2) is 76.3 Å². The van der Waals surface area contributed by atoms with E-state index in [2.05, 4.69) is 59.5 Å². The van der Waals surface area contributed by atoms with Gasteiger partial charge in [-0.05, 0) is 92.5 Å². The van der Waals surface area contributed by atoms with Crippen LogP contribution in [0.3, 0.4) is 0 Å². The van der Waals surface area contributed by atoms with Crippen LogP contribution in [0.1, 0.15) is 19.3 Å². The highest BCUT2D eigenvalue weighted by Gasteiger charge is 2.32. The molecular weight excluding hydrogens is 594 g/mol. The van der Waals surface area contributed by atoms with Crippen molar-refractivity contribution in [1.82, 2.24) is 25.1 Å². The Labute approximate surface area is 271 Å². The zero-order valence-corrected chi connectivity index (χ0v) is 25.9. The van der Waals surface area contributed by atoms with Crippen LogP contribution in [0.4, 0.5) is 11.4 Å². The van der Waals surface area contributed by atoms with Crippen LogP contribution >= 0.6 is 0 Å². The minimum atomic E-state index is -0.165. The fourth-order valence-electron chi connectivity index (χ4n) is 6.87. The second-order valence-corrected chi connectivity index (χ2v) is 12.5. The van der Waals surface area contributed by atoms with E-state index in [-0.39, 0.29) is 30.3 Å². The maximum Gasteiger partial charge on any atom is 0.231 e. The number of ketones is 1. The predicted molar refractivity (Wildman–Crippen MR) is 178 cm³/mol. The largest absolute Gasteiger partial charge is 0.454 e. The summed E-state index contributed by atoms with van der Waals surface area (Å²) in [6.45, 7) is 3.64. The van der Waals surface area contributed by atoms with Gasteiger partial charge in [0.15, 0.2) is 17.3 Å². The van der Waals surface area contributed by atoms with Crippen molar-refractivity contribution < 1.29 is 19.1 Å². The molecule has 2 N–H and O–H groups in total. The summed E-state index contributed by atoms with van der Waals surface area (Å²) < 4.78 is 11.0. The standard InChI is InChI=1S/C36H35N7O4/c44-31(23-11-16-43(17-12-23)28-6-2-24(3-7-28)35-37-13-1-14-38-35)21-42-15-10-26(20-42)36(45)39-27-5-8-30-29(19-27)34(41-40-30)25-4-9-32-33(18-25)47-22-46-32/h1-9,13-14,18-19,23,26H,10-12,15-17,20-22H2,(H,39,45)(H,40,41)/t26-/m1/s1. The topological polar surface area (TPSA) is 126 Å². The number of aromatic amines is 1. The fraction of sp³-hybridized carbons (Fsp3) is 0.306. The van der Waals surface area contributed by atoms with E-state index in [0.29, 0.717) is 24.7 Å². The van der Waals surface area contributed by atoms with Crippen LogP contribution in [0.2, 0.25) is 0 Å². The number of amides is 1. The second-order valence-electron chi connectivity index (χ2n) is 12.5. The second kappa shape index (κ2) is 12.5. The Balaban J connectivity index is 0.834. The van der Waals surface area contributed by atoms with Crippen molar-refractivity contribution >= 4 is 34.0 Å². The molecule has 11 heteroatoms. The highest BCUT2D eigenvalue weighted by Crippen LogP contribution is 2.38. The van der Waals surface area contributed by atoms with Crippen molar-refractivity contribution in [3.8, 4) is 34.1 Å². The van der Waals surface area contributed by atoms with Crippen molar-refractivity contribution in [3.63, 3.8) is 0 Å². The summed E-state index contributed by atoms with van der Waals surface area (Å²) in [7, 11) is 0. The first kappa shape index (κ1) is 29.1. The number of rotatable bonds is 8. The van der Waals surface area contributed by atoms with Gasteiger partial charge in [-0.15, -0.1) is 0 Å². The molecule has 5 heterocycles. The zero-order chi connectivity index (χ0) is 31.7. The molecule has 0 radical (unpaired) electrons. The maximum atomic E-state index is 13.3. The van der Waals surface area contributed by atoms with Gasteiger partial charge in [-0.1, -0.05) is 0 Å². The van der Waals surface area contributed by atoms with Gasteiger partial charge in [-0.25, -0.2) is 9.97 Å². The van der Waals surface area contributed by atoms with Gasteiger partial charge < -0.3 is 19.7 Å². The number of benzene rings is 3. The molecule has 0 saturated carbocycles. The summed E-state index contributed by atoms with van der Waals surface area (Å²) in [6.07, 6.45) is 5.90. The quantitative estimate of drug-likeness (QED) is 0.239. The van der Waals surface area contributed by atoms with E-state index in [1.54, 1.807) is 12.4 Å². The normalized spacial score (nSPS) is 18.1. The highest BCUT2D eigenvalue weighted by molar-refractivity contribution is 5.99. The lowest BCUT2D eigenvalue weighted by Gasteiger charge is -2.33.